The van der Waals surface area contributed by atoms with E-state index in [9.17, 15) is 10.1 Å². The summed E-state index contributed by atoms with van der Waals surface area (Å²) in [5, 5.41) is 12.1. The zero-order chi connectivity index (χ0) is 19.2. The van der Waals surface area contributed by atoms with Gasteiger partial charge in [-0.3, -0.25) is 4.79 Å². The van der Waals surface area contributed by atoms with E-state index in [1.165, 1.54) is 13.2 Å². The van der Waals surface area contributed by atoms with Crippen molar-refractivity contribution in [3.8, 4) is 11.8 Å². The van der Waals surface area contributed by atoms with Crippen molar-refractivity contribution >= 4 is 23.6 Å². The molecule has 2 heterocycles. The largest absolute Gasteiger partial charge is 0.495 e. The summed E-state index contributed by atoms with van der Waals surface area (Å²) in [6.45, 7) is 4.17. The summed E-state index contributed by atoms with van der Waals surface area (Å²) in [7, 11) is 1.53. The molecule has 0 aliphatic carbocycles. The van der Waals surface area contributed by atoms with E-state index in [0.717, 1.165) is 37.7 Å². The number of anilines is 2. The van der Waals surface area contributed by atoms with Crippen LogP contribution in [0, 0.1) is 17.2 Å². The Kier molecular flexibility index (Phi) is 5.82. The van der Waals surface area contributed by atoms with Crippen molar-refractivity contribution < 1.29 is 13.9 Å². The van der Waals surface area contributed by atoms with E-state index in [2.05, 4.69) is 17.1 Å². The smallest absolute Gasteiger partial charge is 0.266 e. The molecule has 2 aromatic rings. The highest BCUT2D eigenvalue weighted by Gasteiger charge is 2.19. The monoisotopic (exact) mass is 365 g/mol. The van der Waals surface area contributed by atoms with E-state index >= 15 is 0 Å². The van der Waals surface area contributed by atoms with Crippen LogP contribution in [-0.2, 0) is 4.79 Å². The molecule has 1 aliphatic heterocycles. The Hall–Kier alpha value is -3.20. The summed E-state index contributed by atoms with van der Waals surface area (Å²) in [4.78, 5) is 14.6. The number of carbonyl (C=O) groups excluding carboxylic acids is 1. The minimum atomic E-state index is -0.508. The first-order valence-corrected chi connectivity index (χ1v) is 9.01. The molecular weight excluding hydrogens is 342 g/mol. The van der Waals surface area contributed by atoms with Crippen molar-refractivity contribution in [2.75, 3.05) is 30.4 Å². The molecular formula is C21H23N3O3. The molecule has 1 aliphatic rings. The van der Waals surface area contributed by atoms with Crippen molar-refractivity contribution in [1.29, 1.82) is 5.26 Å². The lowest BCUT2D eigenvalue weighted by atomic mass is 9.99. The van der Waals surface area contributed by atoms with Gasteiger partial charge in [-0.15, -0.1) is 0 Å². The van der Waals surface area contributed by atoms with E-state index in [-0.39, 0.29) is 5.57 Å². The maximum absolute atomic E-state index is 12.5. The number of piperidine rings is 1. The van der Waals surface area contributed by atoms with Crippen LogP contribution in [0.4, 0.5) is 11.6 Å². The number of amides is 1. The van der Waals surface area contributed by atoms with Gasteiger partial charge in [-0.25, -0.2) is 0 Å². The number of nitriles is 1. The molecule has 1 N–H and O–H groups in total. The second-order valence-electron chi connectivity index (χ2n) is 6.67. The molecule has 1 saturated heterocycles. The number of ether oxygens (including phenoxy) is 1. The van der Waals surface area contributed by atoms with Gasteiger partial charge in [0.1, 0.15) is 23.2 Å². The fourth-order valence-electron chi connectivity index (χ4n) is 3.05. The van der Waals surface area contributed by atoms with Gasteiger partial charge in [0.2, 0.25) is 0 Å². The van der Waals surface area contributed by atoms with Gasteiger partial charge in [0, 0.05) is 25.2 Å². The van der Waals surface area contributed by atoms with E-state index in [1.54, 1.807) is 30.3 Å². The number of furan rings is 1. The first kappa shape index (κ1) is 18.6. The molecule has 27 heavy (non-hydrogen) atoms. The fraction of sp³-hybridized carbons (Fsp3) is 0.333. The molecule has 0 saturated carbocycles. The molecule has 0 atom stereocenters. The number of carbonyl (C=O) groups is 1. The van der Waals surface area contributed by atoms with E-state index < -0.39 is 5.91 Å². The Balaban J connectivity index is 1.72. The predicted molar refractivity (Wildman–Crippen MR) is 105 cm³/mol. The molecule has 1 fully saturated rings. The van der Waals surface area contributed by atoms with Crippen molar-refractivity contribution in [2.24, 2.45) is 5.92 Å². The number of methoxy groups -OCH3 is 1. The number of nitrogens with zero attached hydrogens (tertiary/aromatic N) is 2. The Morgan fingerprint density at radius 2 is 2.04 bits per heavy atom. The average molecular weight is 365 g/mol. The SMILES string of the molecule is COc1ccccc1NC(=O)/C(C#N)=C/c1ccc(N2CCC(C)CC2)o1. The Morgan fingerprint density at radius 1 is 1.30 bits per heavy atom. The van der Waals surface area contributed by atoms with E-state index in [1.807, 2.05) is 12.1 Å². The number of hydrogen-bond acceptors (Lipinski definition) is 5. The third-order valence-electron chi connectivity index (χ3n) is 4.71. The van der Waals surface area contributed by atoms with Gasteiger partial charge in [0.25, 0.3) is 5.91 Å². The zero-order valence-electron chi connectivity index (χ0n) is 15.6. The molecule has 6 heteroatoms. The molecule has 0 unspecified atom stereocenters. The van der Waals surface area contributed by atoms with Crippen LogP contribution in [0.2, 0.25) is 0 Å². The van der Waals surface area contributed by atoms with Crippen LogP contribution in [0.5, 0.6) is 5.75 Å². The van der Waals surface area contributed by atoms with Crippen LogP contribution < -0.4 is 15.0 Å². The topological polar surface area (TPSA) is 78.5 Å². The highest BCUT2D eigenvalue weighted by Crippen LogP contribution is 2.27. The maximum atomic E-state index is 12.5. The van der Waals surface area contributed by atoms with Crippen LogP contribution in [0.25, 0.3) is 6.08 Å². The summed E-state index contributed by atoms with van der Waals surface area (Å²) < 4.78 is 11.0. The predicted octanol–water partition coefficient (Wildman–Crippen LogP) is 4.07. The molecule has 0 bridgehead atoms. The van der Waals surface area contributed by atoms with Gasteiger partial charge in [-0.2, -0.15) is 5.26 Å². The lowest BCUT2D eigenvalue weighted by molar-refractivity contribution is -0.112. The van der Waals surface area contributed by atoms with Gasteiger partial charge in [0.05, 0.1) is 12.8 Å². The Morgan fingerprint density at radius 3 is 2.74 bits per heavy atom. The Bertz CT molecular complexity index is 871. The number of para-hydroxylation sites is 2. The molecule has 0 spiro atoms. The molecule has 1 amide bonds. The number of rotatable bonds is 5. The van der Waals surface area contributed by atoms with E-state index in [4.69, 9.17) is 9.15 Å². The molecule has 3 rings (SSSR count). The summed E-state index contributed by atoms with van der Waals surface area (Å²) in [5.41, 5.74) is 0.475. The van der Waals surface area contributed by atoms with Crippen molar-refractivity contribution in [2.45, 2.75) is 19.8 Å². The van der Waals surface area contributed by atoms with Gasteiger partial charge in [-0.1, -0.05) is 19.1 Å². The van der Waals surface area contributed by atoms with Crippen LogP contribution in [0.15, 0.2) is 46.4 Å². The number of hydrogen-bond donors (Lipinski definition) is 1. The molecule has 0 radical (unpaired) electrons. The lowest BCUT2D eigenvalue weighted by Gasteiger charge is -2.29. The minimum Gasteiger partial charge on any atom is -0.495 e. The average Bonchev–Trinajstić information content (AvgIpc) is 3.15. The highest BCUT2D eigenvalue weighted by atomic mass is 16.5. The summed E-state index contributed by atoms with van der Waals surface area (Å²) in [6, 6.07) is 12.6. The second-order valence-corrected chi connectivity index (χ2v) is 6.67. The van der Waals surface area contributed by atoms with Gasteiger partial charge in [0.15, 0.2) is 5.88 Å². The van der Waals surface area contributed by atoms with Gasteiger partial charge >= 0.3 is 0 Å². The first-order valence-electron chi connectivity index (χ1n) is 9.01. The van der Waals surface area contributed by atoms with Crippen LogP contribution in [-0.4, -0.2) is 26.1 Å². The number of nitrogens with one attached hydrogen (secondary N) is 1. The molecule has 6 nitrogen and oxygen atoms in total. The normalized spacial score (nSPS) is 15.3. The van der Waals surface area contributed by atoms with E-state index in [0.29, 0.717) is 17.2 Å². The standard InChI is InChI=1S/C21H23N3O3/c1-15-9-11-24(12-10-15)20-8-7-17(27-20)13-16(14-22)21(25)23-18-5-3-4-6-19(18)26-2/h3-8,13,15H,9-12H2,1-2H3,(H,23,25)/b16-13+. The van der Waals surface area contributed by atoms with Gasteiger partial charge < -0.3 is 19.4 Å². The van der Waals surface area contributed by atoms with Crippen molar-refractivity contribution in [3.63, 3.8) is 0 Å². The number of benzene rings is 1. The van der Waals surface area contributed by atoms with Crippen LogP contribution >= 0.6 is 0 Å². The summed E-state index contributed by atoms with van der Waals surface area (Å²) >= 11 is 0. The van der Waals surface area contributed by atoms with Gasteiger partial charge in [-0.05, 0) is 37.0 Å². The highest BCUT2D eigenvalue weighted by molar-refractivity contribution is 6.10. The molecule has 1 aromatic heterocycles. The van der Waals surface area contributed by atoms with Crippen molar-refractivity contribution in [3.05, 3.63) is 47.7 Å². The third kappa shape index (κ3) is 4.50. The van der Waals surface area contributed by atoms with Crippen LogP contribution in [0.3, 0.4) is 0 Å². The molecule has 140 valence electrons. The zero-order valence-corrected chi connectivity index (χ0v) is 15.6. The summed E-state index contributed by atoms with van der Waals surface area (Å²) in [5.74, 6) is 2.01. The van der Waals surface area contributed by atoms with Crippen LogP contribution in [0.1, 0.15) is 25.5 Å². The quantitative estimate of drug-likeness (QED) is 0.638. The lowest BCUT2D eigenvalue weighted by Crippen LogP contribution is -2.32. The first-order chi connectivity index (χ1) is 13.1. The maximum Gasteiger partial charge on any atom is 0.266 e. The van der Waals surface area contributed by atoms with Crippen molar-refractivity contribution in [1.82, 2.24) is 0 Å². The summed E-state index contributed by atoms with van der Waals surface area (Å²) in [6.07, 6.45) is 3.73. The third-order valence-corrected chi connectivity index (χ3v) is 4.71. The molecule has 1 aromatic carbocycles. The minimum absolute atomic E-state index is 0.0333. The Labute approximate surface area is 159 Å². The second kappa shape index (κ2) is 8.45. The fourth-order valence-corrected chi connectivity index (χ4v) is 3.05.